The molecular formula is C18H17N5O3. The molecule has 132 valence electrons. The number of nitrogens with zero attached hydrogens (tertiary/aromatic N) is 5. The Bertz CT molecular complexity index is 1140. The van der Waals surface area contributed by atoms with E-state index in [-0.39, 0.29) is 5.89 Å². The molecule has 0 spiro atoms. The van der Waals surface area contributed by atoms with Crippen molar-refractivity contribution in [2.24, 2.45) is 0 Å². The second kappa shape index (κ2) is 5.25. The van der Waals surface area contributed by atoms with E-state index in [0.717, 1.165) is 23.1 Å². The minimum absolute atomic E-state index is 0.289. The molecule has 4 aromatic rings. The molecule has 0 bridgehead atoms. The van der Waals surface area contributed by atoms with Gasteiger partial charge in [-0.2, -0.15) is 9.71 Å². The molecule has 0 N–H and O–H groups in total. The van der Waals surface area contributed by atoms with E-state index in [1.54, 1.807) is 19.3 Å². The van der Waals surface area contributed by atoms with E-state index in [4.69, 9.17) is 9.26 Å². The Hall–Kier alpha value is -3.00. The van der Waals surface area contributed by atoms with Gasteiger partial charge in [-0.1, -0.05) is 17.3 Å². The molecule has 8 nitrogen and oxygen atoms in total. The Labute approximate surface area is 148 Å². The van der Waals surface area contributed by atoms with Crippen LogP contribution in [-0.4, -0.2) is 26.1 Å². The summed E-state index contributed by atoms with van der Waals surface area (Å²) in [6, 6.07) is 7.40. The highest BCUT2D eigenvalue weighted by Gasteiger charge is 2.37. The summed E-state index contributed by atoms with van der Waals surface area (Å²) in [6.45, 7) is 4.41. The number of ether oxygens (including phenoxy) is 1. The molecule has 1 aliphatic rings. The van der Waals surface area contributed by atoms with Gasteiger partial charge in [0.2, 0.25) is 17.0 Å². The van der Waals surface area contributed by atoms with Crippen molar-refractivity contribution in [2.45, 2.75) is 32.3 Å². The number of hydrogen-bond donors (Lipinski definition) is 0. The van der Waals surface area contributed by atoms with Crippen LogP contribution in [0.15, 0.2) is 35.1 Å². The first-order valence-corrected chi connectivity index (χ1v) is 8.55. The average Bonchev–Trinajstić information content (AvgIpc) is 3.38. The number of imidazole rings is 1. The highest BCUT2D eigenvalue weighted by Crippen LogP contribution is 2.35. The fraction of sp³-hybridized carbons (Fsp3) is 0.333. The van der Waals surface area contributed by atoms with E-state index in [0.29, 0.717) is 34.9 Å². The summed E-state index contributed by atoms with van der Waals surface area (Å²) in [6.07, 6.45) is 3.49. The molecule has 1 aliphatic heterocycles. The van der Waals surface area contributed by atoms with Crippen LogP contribution >= 0.6 is 0 Å². The molecule has 8 heteroatoms. The summed E-state index contributed by atoms with van der Waals surface area (Å²) < 4.78 is 14.0. The Morgan fingerprint density at radius 1 is 1.31 bits per heavy atom. The maximum absolute atomic E-state index is 12.7. The van der Waals surface area contributed by atoms with Gasteiger partial charge in [0, 0.05) is 19.6 Å². The molecule has 1 saturated heterocycles. The molecule has 0 radical (unpaired) electrons. The molecule has 0 saturated carbocycles. The second-order valence-electron chi connectivity index (χ2n) is 6.79. The Balaban J connectivity index is 1.73. The van der Waals surface area contributed by atoms with E-state index in [9.17, 15) is 5.21 Å². The molecule has 0 amide bonds. The highest BCUT2D eigenvalue weighted by atomic mass is 16.5. The van der Waals surface area contributed by atoms with Crippen molar-refractivity contribution in [3.05, 3.63) is 47.3 Å². The highest BCUT2D eigenvalue weighted by molar-refractivity contribution is 5.82. The zero-order valence-electron chi connectivity index (χ0n) is 14.5. The van der Waals surface area contributed by atoms with E-state index in [1.807, 2.05) is 29.5 Å². The van der Waals surface area contributed by atoms with Crippen LogP contribution in [0.2, 0.25) is 0 Å². The number of benzene rings is 1. The van der Waals surface area contributed by atoms with Gasteiger partial charge >= 0.3 is 0 Å². The van der Waals surface area contributed by atoms with Gasteiger partial charge in [-0.15, -0.1) is 0 Å². The van der Waals surface area contributed by atoms with E-state index >= 15 is 0 Å². The van der Waals surface area contributed by atoms with Crippen molar-refractivity contribution >= 4 is 16.6 Å². The van der Waals surface area contributed by atoms with Crippen LogP contribution < -0.4 is 4.73 Å². The predicted octanol–water partition coefficient (Wildman–Crippen LogP) is 2.50. The number of rotatable bonds is 2. The van der Waals surface area contributed by atoms with Crippen molar-refractivity contribution < 1.29 is 14.0 Å². The lowest BCUT2D eigenvalue weighted by Gasteiger charge is -2.17. The van der Waals surface area contributed by atoms with Crippen LogP contribution in [0.5, 0.6) is 0 Å². The second-order valence-corrected chi connectivity index (χ2v) is 6.79. The molecule has 0 aliphatic carbocycles. The van der Waals surface area contributed by atoms with Crippen molar-refractivity contribution in [3.8, 4) is 11.6 Å². The maximum atomic E-state index is 12.7. The zero-order chi connectivity index (χ0) is 17.9. The summed E-state index contributed by atoms with van der Waals surface area (Å²) in [4.78, 5) is 8.97. The van der Waals surface area contributed by atoms with Gasteiger partial charge in [0.15, 0.2) is 5.69 Å². The maximum Gasteiger partial charge on any atom is 0.279 e. The van der Waals surface area contributed by atoms with E-state index in [2.05, 4.69) is 15.1 Å². The first-order chi connectivity index (χ1) is 12.6. The fourth-order valence-electron chi connectivity index (χ4n) is 3.64. The lowest BCUT2D eigenvalue weighted by atomic mass is 10.0. The molecule has 4 heterocycles. The van der Waals surface area contributed by atoms with Crippen LogP contribution in [-0.2, 0) is 10.3 Å². The fourth-order valence-corrected chi connectivity index (χ4v) is 3.64. The van der Waals surface area contributed by atoms with E-state index < -0.39 is 5.60 Å². The zero-order valence-corrected chi connectivity index (χ0v) is 14.5. The third kappa shape index (κ3) is 1.99. The summed E-state index contributed by atoms with van der Waals surface area (Å²) in [5.74, 6) is 0.803. The van der Waals surface area contributed by atoms with Crippen LogP contribution in [0.3, 0.4) is 0 Å². The summed E-state index contributed by atoms with van der Waals surface area (Å²) in [7, 11) is 0. The van der Waals surface area contributed by atoms with Crippen molar-refractivity contribution in [2.75, 3.05) is 6.61 Å². The normalized spacial score (nSPS) is 20.4. The Morgan fingerprint density at radius 2 is 2.15 bits per heavy atom. The van der Waals surface area contributed by atoms with Crippen LogP contribution in [0.25, 0.3) is 28.1 Å². The van der Waals surface area contributed by atoms with Crippen LogP contribution in [0, 0.1) is 12.1 Å². The van der Waals surface area contributed by atoms with Crippen LogP contribution in [0.4, 0.5) is 0 Å². The molecule has 1 aromatic carbocycles. The number of aryl methyl sites for hydroxylation is 1. The number of fused-ring (bicyclic) bond motifs is 3. The number of aromatic nitrogens is 5. The van der Waals surface area contributed by atoms with Crippen molar-refractivity contribution in [1.29, 1.82) is 0 Å². The summed E-state index contributed by atoms with van der Waals surface area (Å²) in [5.41, 5.74) is 2.51. The first-order valence-electron chi connectivity index (χ1n) is 8.55. The quantitative estimate of drug-likeness (QED) is 0.407. The van der Waals surface area contributed by atoms with Gasteiger partial charge in [0.1, 0.15) is 23.0 Å². The van der Waals surface area contributed by atoms with Crippen LogP contribution in [0.1, 0.15) is 31.3 Å². The first kappa shape index (κ1) is 15.3. The van der Waals surface area contributed by atoms with Gasteiger partial charge in [-0.25, -0.2) is 4.98 Å². The smallest absolute Gasteiger partial charge is 0.279 e. The summed E-state index contributed by atoms with van der Waals surface area (Å²) in [5, 5.41) is 16.8. The third-order valence-electron chi connectivity index (χ3n) is 5.10. The molecule has 3 aromatic heterocycles. The van der Waals surface area contributed by atoms with Gasteiger partial charge in [0.05, 0.1) is 0 Å². The monoisotopic (exact) mass is 351 g/mol. The molecular weight excluding hydrogens is 334 g/mol. The minimum atomic E-state index is -0.530. The topological polar surface area (TPSA) is 92.4 Å². The molecule has 1 atom stereocenters. The van der Waals surface area contributed by atoms with Gasteiger partial charge in [-0.3, -0.25) is 4.40 Å². The molecule has 1 fully saturated rings. The molecule has 5 rings (SSSR count). The largest absolute Gasteiger partial charge is 0.618 e. The third-order valence-corrected chi connectivity index (χ3v) is 5.10. The SMILES string of the molecule is Cc1c2c(-c3nc(C4(C)CCCO4)no3)ncn2c2ccccc2[n+]1[O-]. The van der Waals surface area contributed by atoms with Crippen molar-refractivity contribution in [1.82, 2.24) is 19.5 Å². The van der Waals surface area contributed by atoms with Gasteiger partial charge in [-0.05, 0) is 25.8 Å². The Morgan fingerprint density at radius 3 is 2.96 bits per heavy atom. The number of para-hydroxylation sites is 2. The van der Waals surface area contributed by atoms with Gasteiger partial charge < -0.3 is 14.5 Å². The standard InChI is InChI=1S/C18H17N5O3/c1-11-15-14(16-20-17(21-26-16)18(2)8-5-9-25-18)19-10-22(15)12-6-3-4-7-13(12)23(11)24/h3-4,6-7,10H,5,8-9H2,1-2H3. The molecule has 26 heavy (non-hydrogen) atoms. The average molecular weight is 351 g/mol. The van der Waals surface area contributed by atoms with E-state index in [1.165, 1.54) is 0 Å². The van der Waals surface area contributed by atoms with Gasteiger partial charge in [0.25, 0.3) is 5.89 Å². The number of hydrogen-bond acceptors (Lipinski definition) is 6. The lowest BCUT2D eigenvalue weighted by Crippen LogP contribution is -2.32. The Kier molecular flexibility index (Phi) is 3.08. The van der Waals surface area contributed by atoms with Crippen molar-refractivity contribution in [3.63, 3.8) is 0 Å². The lowest BCUT2D eigenvalue weighted by molar-refractivity contribution is -0.583. The molecule has 1 unspecified atom stereocenters. The predicted molar refractivity (Wildman–Crippen MR) is 92.2 cm³/mol. The minimum Gasteiger partial charge on any atom is -0.618 e. The summed E-state index contributed by atoms with van der Waals surface area (Å²) >= 11 is 0.